The fourth-order valence-electron chi connectivity index (χ4n) is 3.05. The summed E-state index contributed by atoms with van der Waals surface area (Å²) in [5, 5.41) is 10.6. The first-order chi connectivity index (χ1) is 9.44. The molecule has 20 heavy (non-hydrogen) atoms. The lowest BCUT2D eigenvalue weighted by Crippen LogP contribution is -2.62. The van der Waals surface area contributed by atoms with E-state index in [1.54, 1.807) is 0 Å². The number of ether oxygens (including phenoxy) is 1. The highest BCUT2D eigenvalue weighted by Crippen LogP contribution is 2.47. The molecule has 1 aromatic carbocycles. The second kappa shape index (κ2) is 5.36. The summed E-state index contributed by atoms with van der Waals surface area (Å²) >= 11 is 0. The van der Waals surface area contributed by atoms with Gasteiger partial charge in [-0.15, -0.1) is 0 Å². The monoisotopic (exact) mass is 282 g/mol. The molecule has 5 nitrogen and oxygen atoms in total. The fraction of sp³-hybridized carbons (Fsp3) is 0.571. The van der Waals surface area contributed by atoms with Crippen LogP contribution in [-0.2, 0) is 0 Å². The minimum atomic E-state index is -0.880. The Kier molecular flexibility index (Phi) is 3.94. The molecule has 0 aliphatic heterocycles. The average Bonchev–Trinajstić information content (AvgIpc) is 2.39. The van der Waals surface area contributed by atoms with Gasteiger partial charge in [0.1, 0.15) is 11.9 Å². The lowest BCUT2D eigenvalue weighted by molar-refractivity contribution is -0.387. The van der Waals surface area contributed by atoms with Crippen molar-refractivity contribution in [1.82, 2.24) is 0 Å². The predicted octanol–water partition coefficient (Wildman–Crippen LogP) is 3.02. The molecule has 1 aromatic rings. The molecule has 0 amide bonds. The molecule has 2 N–H and O–H groups in total. The van der Waals surface area contributed by atoms with Gasteiger partial charge in [0.15, 0.2) is 0 Å². The molecule has 0 saturated heterocycles. The van der Waals surface area contributed by atoms with E-state index in [2.05, 4.69) is 13.8 Å². The van der Waals surface area contributed by atoms with Crippen LogP contribution in [0, 0.1) is 21.3 Å². The van der Waals surface area contributed by atoms with E-state index in [0.717, 1.165) is 31.4 Å². The van der Waals surface area contributed by atoms with Gasteiger partial charge in [-0.25, -0.2) is 0 Å². The zero-order valence-corrected chi connectivity index (χ0v) is 11.6. The lowest BCUT2D eigenvalue weighted by atomic mass is 9.59. The molecule has 0 radical (unpaired) electrons. The third-order valence-corrected chi connectivity index (χ3v) is 4.56. The Morgan fingerprint density at radius 2 is 2.15 bits per heavy atom. The van der Waals surface area contributed by atoms with E-state index in [1.807, 2.05) is 0 Å². The quantitative estimate of drug-likeness (QED) is 0.665. The molecule has 6 heteroatoms. The van der Waals surface area contributed by atoms with Crippen molar-refractivity contribution in [2.45, 2.75) is 45.3 Å². The number of nitro groups is 1. The van der Waals surface area contributed by atoms with Crippen molar-refractivity contribution in [3.8, 4) is 5.75 Å². The maximum atomic E-state index is 13.6. The summed E-state index contributed by atoms with van der Waals surface area (Å²) in [5.41, 5.74) is 5.45. The lowest BCUT2D eigenvalue weighted by Gasteiger charge is -2.53. The summed E-state index contributed by atoms with van der Waals surface area (Å²) in [6.45, 7) is 4.13. The van der Waals surface area contributed by atoms with Crippen LogP contribution in [0.4, 0.5) is 10.1 Å². The summed E-state index contributed by atoms with van der Waals surface area (Å²) < 4.78 is 19.4. The van der Waals surface area contributed by atoms with Gasteiger partial charge in [-0.1, -0.05) is 13.8 Å². The van der Waals surface area contributed by atoms with Crippen molar-refractivity contribution in [3.05, 3.63) is 34.1 Å². The molecule has 0 aromatic heterocycles. The Labute approximate surface area is 117 Å². The van der Waals surface area contributed by atoms with Crippen LogP contribution in [0.2, 0.25) is 0 Å². The van der Waals surface area contributed by atoms with Crippen LogP contribution in [0.1, 0.15) is 33.1 Å². The van der Waals surface area contributed by atoms with Crippen LogP contribution in [0.15, 0.2) is 18.2 Å². The molecule has 1 aliphatic carbocycles. The molecule has 2 unspecified atom stereocenters. The molecular weight excluding hydrogens is 263 g/mol. The van der Waals surface area contributed by atoms with Crippen LogP contribution in [0.25, 0.3) is 0 Å². The first kappa shape index (κ1) is 14.7. The average molecular weight is 282 g/mol. The first-order valence-corrected chi connectivity index (χ1v) is 6.80. The van der Waals surface area contributed by atoms with Crippen LogP contribution in [-0.4, -0.2) is 17.1 Å². The number of hydrogen-bond donors (Lipinski definition) is 1. The Morgan fingerprint density at radius 1 is 1.50 bits per heavy atom. The molecule has 2 rings (SSSR count). The molecule has 0 spiro atoms. The van der Waals surface area contributed by atoms with Crippen molar-refractivity contribution in [1.29, 1.82) is 0 Å². The highest BCUT2D eigenvalue weighted by Gasteiger charge is 2.52. The second-order valence-electron chi connectivity index (χ2n) is 5.26. The minimum absolute atomic E-state index is 0.0617. The molecule has 0 bridgehead atoms. The number of hydrogen-bond acceptors (Lipinski definition) is 4. The summed E-state index contributed by atoms with van der Waals surface area (Å²) in [6.07, 6.45) is 2.45. The number of nitrogens with zero attached hydrogens (tertiary/aromatic N) is 1. The first-order valence-electron chi connectivity index (χ1n) is 6.80. The van der Waals surface area contributed by atoms with E-state index < -0.39 is 16.4 Å². The van der Waals surface area contributed by atoms with Gasteiger partial charge in [0.2, 0.25) is 5.82 Å². The van der Waals surface area contributed by atoms with Crippen LogP contribution in [0.3, 0.4) is 0 Å². The number of nitro benzene ring substituents is 1. The third-order valence-electron chi connectivity index (χ3n) is 4.56. The maximum Gasteiger partial charge on any atom is 0.305 e. The van der Waals surface area contributed by atoms with Gasteiger partial charge < -0.3 is 10.5 Å². The Bertz CT molecular complexity index is 517. The van der Waals surface area contributed by atoms with Crippen LogP contribution < -0.4 is 10.5 Å². The van der Waals surface area contributed by atoms with E-state index in [9.17, 15) is 14.5 Å². The molecule has 1 saturated carbocycles. The van der Waals surface area contributed by atoms with E-state index in [-0.39, 0.29) is 17.6 Å². The molecular formula is C14H19FN2O3. The SMILES string of the molecule is CCC1(CC)C(N)CC1Oc1ccc([N+](=O)[O-])c(F)c1. The minimum Gasteiger partial charge on any atom is -0.490 e. The van der Waals surface area contributed by atoms with E-state index in [4.69, 9.17) is 10.5 Å². The molecule has 1 aliphatic rings. The van der Waals surface area contributed by atoms with Gasteiger partial charge in [-0.2, -0.15) is 4.39 Å². The van der Waals surface area contributed by atoms with E-state index in [0.29, 0.717) is 5.75 Å². The standard InChI is InChI=1S/C14H19FN2O3/c1-3-14(4-2)12(16)8-13(14)20-9-5-6-11(17(18)19)10(15)7-9/h5-7,12-13H,3-4,8,16H2,1-2H3. The molecule has 2 atom stereocenters. The summed E-state index contributed by atoms with van der Waals surface area (Å²) in [4.78, 5) is 9.82. The van der Waals surface area contributed by atoms with Crippen molar-refractivity contribution in [2.24, 2.45) is 11.1 Å². The molecule has 110 valence electrons. The van der Waals surface area contributed by atoms with Crippen LogP contribution >= 0.6 is 0 Å². The largest absolute Gasteiger partial charge is 0.490 e. The Morgan fingerprint density at radius 3 is 2.60 bits per heavy atom. The third kappa shape index (κ3) is 2.24. The molecule has 1 fully saturated rings. The fourth-order valence-corrected chi connectivity index (χ4v) is 3.05. The van der Waals surface area contributed by atoms with Gasteiger partial charge in [-0.05, 0) is 18.9 Å². The zero-order chi connectivity index (χ0) is 14.9. The highest BCUT2D eigenvalue weighted by atomic mass is 19.1. The van der Waals surface area contributed by atoms with Gasteiger partial charge >= 0.3 is 5.69 Å². The smallest absolute Gasteiger partial charge is 0.305 e. The number of rotatable bonds is 5. The number of nitrogens with two attached hydrogens (primary N) is 1. The van der Waals surface area contributed by atoms with Crippen molar-refractivity contribution in [2.75, 3.05) is 0 Å². The second-order valence-corrected chi connectivity index (χ2v) is 5.26. The van der Waals surface area contributed by atoms with E-state index >= 15 is 0 Å². The highest BCUT2D eigenvalue weighted by molar-refractivity contribution is 5.38. The Hall–Kier alpha value is -1.69. The maximum absolute atomic E-state index is 13.6. The van der Waals surface area contributed by atoms with E-state index in [1.165, 1.54) is 6.07 Å². The number of halogens is 1. The summed E-state index contributed by atoms with van der Waals surface area (Å²) in [6, 6.07) is 3.72. The van der Waals surface area contributed by atoms with Gasteiger partial charge in [0.05, 0.1) is 4.92 Å². The van der Waals surface area contributed by atoms with Crippen molar-refractivity contribution in [3.63, 3.8) is 0 Å². The Balaban J connectivity index is 2.15. The van der Waals surface area contributed by atoms with Crippen LogP contribution in [0.5, 0.6) is 5.75 Å². The topological polar surface area (TPSA) is 78.4 Å². The van der Waals surface area contributed by atoms with Crippen molar-refractivity contribution >= 4 is 5.69 Å². The van der Waals surface area contributed by atoms with Gasteiger partial charge in [0.25, 0.3) is 0 Å². The summed E-state index contributed by atoms with van der Waals surface area (Å²) in [7, 11) is 0. The number of benzene rings is 1. The summed E-state index contributed by atoms with van der Waals surface area (Å²) in [5.74, 6) is -0.564. The normalized spacial score (nSPS) is 24.0. The zero-order valence-electron chi connectivity index (χ0n) is 11.6. The predicted molar refractivity (Wildman–Crippen MR) is 73.1 cm³/mol. The van der Waals surface area contributed by atoms with Gasteiger partial charge in [-0.3, -0.25) is 10.1 Å². The van der Waals surface area contributed by atoms with Crippen molar-refractivity contribution < 1.29 is 14.1 Å². The van der Waals surface area contributed by atoms with Gasteiger partial charge in [0, 0.05) is 30.0 Å². The molecule has 0 heterocycles.